The van der Waals surface area contributed by atoms with E-state index >= 15 is 0 Å². The molecule has 1 aromatic carbocycles. The van der Waals surface area contributed by atoms with Crippen LogP contribution in [0.2, 0.25) is 0 Å². The number of aromatic nitrogens is 3. The minimum absolute atomic E-state index is 0.132. The van der Waals surface area contributed by atoms with Crippen LogP contribution in [0, 0.1) is 6.92 Å². The van der Waals surface area contributed by atoms with Crippen molar-refractivity contribution in [2.75, 3.05) is 37.5 Å². The highest BCUT2D eigenvalue weighted by molar-refractivity contribution is 5.94. The van der Waals surface area contributed by atoms with Gasteiger partial charge >= 0.3 is 6.01 Å². The van der Waals surface area contributed by atoms with Gasteiger partial charge in [0.2, 0.25) is 0 Å². The average molecular weight is 451 g/mol. The molecule has 4 atom stereocenters. The lowest BCUT2D eigenvalue weighted by Crippen LogP contribution is -2.54. The van der Waals surface area contributed by atoms with Crippen LogP contribution >= 0.6 is 0 Å². The third-order valence-electron chi connectivity index (χ3n) is 6.30. The molecule has 2 unspecified atom stereocenters. The molecule has 0 spiro atoms. The Hall–Kier alpha value is -3.17. The van der Waals surface area contributed by atoms with E-state index in [1.807, 2.05) is 13.1 Å². The van der Waals surface area contributed by atoms with Crippen LogP contribution in [0.3, 0.4) is 0 Å². The maximum absolute atomic E-state index is 6.03. The number of benzene rings is 1. The van der Waals surface area contributed by atoms with E-state index in [1.165, 1.54) is 0 Å². The van der Waals surface area contributed by atoms with Crippen LogP contribution in [-0.2, 0) is 4.74 Å². The number of hydrogen-bond donors (Lipinski definition) is 2. The summed E-state index contributed by atoms with van der Waals surface area (Å²) in [4.78, 5) is 15.8. The number of methoxy groups -OCH3 is 2. The first-order chi connectivity index (χ1) is 16.0. The van der Waals surface area contributed by atoms with Crippen LogP contribution in [0.5, 0.6) is 11.8 Å². The Morgan fingerprint density at radius 2 is 1.88 bits per heavy atom. The molecular formula is C24H30N6O3. The topological polar surface area (TPSA) is 97.0 Å². The molecule has 0 aliphatic carbocycles. The second-order valence-corrected chi connectivity index (χ2v) is 8.80. The lowest BCUT2D eigenvalue weighted by atomic mass is 10.0. The van der Waals surface area contributed by atoms with Crippen molar-refractivity contribution in [1.29, 1.82) is 0 Å². The first-order valence-electron chi connectivity index (χ1n) is 11.2. The smallest absolute Gasteiger partial charge is 0.316 e. The predicted molar refractivity (Wildman–Crippen MR) is 127 cm³/mol. The molecule has 2 N–H and O–H groups in total. The molecule has 4 heterocycles. The number of ether oxygens (including phenoxy) is 3. The summed E-state index contributed by atoms with van der Waals surface area (Å²) in [7, 11) is 3.23. The molecule has 2 saturated heterocycles. The Morgan fingerprint density at radius 1 is 1.09 bits per heavy atom. The second-order valence-electron chi connectivity index (χ2n) is 8.80. The summed E-state index contributed by atoms with van der Waals surface area (Å²) in [6, 6.07) is 5.44. The highest BCUT2D eigenvalue weighted by Crippen LogP contribution is 2.44. The van der Waals surface area contributed by atoms with Gasteiger partial charge in [-0.05, 0) is 26.8 Å². The number of anilines is 2. The highest BCUT2D eigenvalue weighted by atomic mass is 16.6. The van der Waals surface area contributed by atoms with Crippen LogP contribution in [0.25, 0.3) is 10.9 Å². The summed E-state index contributed by atoms with van der Waals surface area (Å²) in [6.07, 6.45) is 5.05. The first-order valence-corrected chi connectivity index (χ1v) is 11.2. The zero-order chi connectivity index (χ0) is 23.1. The van der Waals surface area contributed by atoms with Gasteiger partial charge in [-0.3, -0.25) is 4.98 Å². The molecule has 174 valence electrons. The Morgan fingerprint density at radius 3 is 2.61 bits per heavy atom. The van der Waals surface area contributed by atoms with E-state index in [1.54, 1.807) is 26.6 Å². The number of piperazine rings is 1. The molecule has 3 aromatic rings. The average Bonchev–Trinajstić information content (AvgIpc) is 3.57. The Balaban J connectivity index is 1.47. The number of nitrogens with one attached hydrogen (secondary N) is 2. The van der Waals surface area contributed by atoms with E-state index in [0.717, 1.165) is 52.2 Å². The molecule has 2 aliphatic rings. The third-order valence-corrected chi connectivity index (χ3v) is 6.30. The molecular weight excluding hydrogens is 420 g/mol. The van der Waals surface area contributed by atoms with Crippen molar-refractivity contribution in [3.8, 4) is 11.8 Å². The number of epoxide rings is 1. The van der Waals surface area contributed by atoms with Crippen molar-refractivity contribution in [1.82, 2.24) is 20.3 Å². The van der Waals surface area contributed by atoms with Crippen LogP contribution in [0.1, 0.15) is 31.1 Å². The Bertz CT molecular complexity index is 1160. The molecule has 0 radical (unpaired) electrons. The van der Waals surface area contributed by atoms with Crippen molar-refractivity contribution in [3.05, 3.63) is 41.9 Å². The monoisotopic (exact) mass is 450 g/mol. The lowest BCUT2D eigenvalue weighted by molar-refractivity contribution is 0.380. The van der Waals surface area contributed by atoms with Crippen LogP contribution in [0.15, 0.2) is 30.7 Å². The SMILES string of the molecule is COc1ncc2c(N3C[C@H](C)N[C@@H](C)C3)ccc(C3OC3Nc3cncc(OC)c3C)c2n1. The molecule has 2 aliphatic heterocycles. The molecule has 9 nitrogen and oxygen atoms in total. The third kappa shape index (κ3) is 4.14. The van der Waals surface area contributed by atoms with E-state index < -0.39 is 0 Å². The fourth-order valence-corrected chi connectivity index (χ4v) is 4.71. The number of pyridine rings is 1. The summed E-state index contributed by atoms with van der Waals surface area (Å²) >= 11 is 0. The fourth-order valence-electron chi connectivity index (χ4n) is 4.71. The van der Waals surface area contributed by atoms with Crippen LogP contribution in [-0.4, -0.2) is 60.6 Å². The molecule has 33 heavy (non-hydrogen) atoms. The van der Waals surface area contributed by atoms with Gasteiger partial charge in [-0.2, -0.15) is 4.98 Å². The van der Waals surface area contributed by atoms with Crippen molar-refractivity contribution >= 4 is 22.3 Å². The summed E-state index contributed by atoms with van der Waals surface area (Å²) in [5.41, 5.74) is 4.88. The van der Waals surface area contributed by atoms with Crippen molar-refractivity contribution in [2.24, 2.45) is 0 Å². The fraction of sp³-hybridized carbons (Fsp3) is 0.458. The lowest BCUT2D eigenvalue weighted by Gasteiger charge is -2.38. The van der Waals surface area contributed by atoms with E-state index in [2.05, 4.69) is 51.5 Å². The minimum Gasteiger partial charge on any atom is -0.495 e. The molecule has 0 amide bonds. The predicted octanol–water partition coefficient (Wildman–Crippen LogP) is 3.05. The second kappa shape index (κ2) is 8.64. The summed E-state index contributed by atoms with van der Waals surface area (Å²) in [5, 5.41) is 8.03. The van der Waals surface area contributed by atoms with E-state index in [9.17, 15) is 0 Å². The van der Waals surface area contributed by atoms with Gasteiger partial charge in [-0.15, -0.1) is 0 Å². The molecule has 0 bridgehead atoms. The van der Waals surface area contributed by atoms with Gasteiger partial charge in [-0.25, -0.2) is 4.98 Å². The zero-order valence-electron chi connectivity index (χ0n) is 19.6. The quantitative estimate of drug-likeness (QED) is 0.549. The van der Waals surface area contributed by atoms with E-state index in [-0.39, 0.29) is 12.3 Å². The van der Waals surface area contributed by atoms with Gasteiger partial charge in [0, 0.05) is 53.6 Å². The maximum Gasteiger partial charge on any atom is 0.316 e. The van der Waals surface area contributed by atoms with Gasteiger partial charge < -0.3 is 29.7 Å². The Labute approximate surface area is 193 Å². The van der Waals surface area contributed by atoms with Gasteiger partial charge in [0.1, 0.15) is 11.9 Å². The maximum atomic E-state index is 6.03. The number of fused-ring (bicyclic) bond motifs is 1. The van der Waals surface area contributed by atoms with Crippen LogP contribution in [0.4, 0.5) is 11.4 Å². The number of nitrogens with zero attached hydrogens (tertiary/aromatic N) is 4. The molecule has 2 aromatic heterocycles. The molecule has 2 fully saturated rings. The van der Waals surface area contributed by atoms with Crippen LogP contribution < -0.4 is 25.0 Å². The van der Waals surface area contributed by atoms with Crippen molar-refractivity contribution in [3.63, 3.8) is 0 Å². The van der Waals surface area contributed by atoms with Gasteiger partial charge in [0.05, 0.1) is 37.8 Å². The van der Waals surface area contributed by atoms with Gasteiger partial charge in [0.15, 0.2) is 6.23 Å². The molecule has 5 rings (SSSR count). The van der Waals surface area contributed by atoms with Crippen molar-refractivity contribution in [2.45, 2.75) is 45.2 Å². The van der Waals surface area contributed by atoms with Gasteiger partial charge in [-0.1, -0.05) is 6.07 Å². The Kier molecular flexibility index (Phi) is 5.67. The largest absolute Gasteiger partial charge is 0.495 e. The summed E-state index contributed by atoms with van der Waals surface area (Å²) in [5.74, 6) is 0.740. The molecule has 9 heteroatoms. The summed E-state index contributed by atoms with van der Waals surface area (Å²) in [6.45, 7) is 8.27. The first kappa shape index (κ1) is 21.7. The van der Waals surface area contributed by atoms with Crippen molar-refractivity contribution < 1.29 is 14.2 Å². The number of rotatable bonds is 6. The summed E-state index contributed by atoms with van der Waals surface area (Å²) < 4.78 is 16.8. The van der Waals surface area contributed by atoms with Gasteiger partial charge in [0.25, 0.3) is 0 Å². The standard InChI is InChI=1S/C24H30N6O3/c1-13-11-30(12-14(2)27-13)19-7-6-16(21-17(19)8-26-24(29-21)32-5)22-23(33-22)28-18-9-25-10-20(31-4)15(18)3/h6-10,13-14,22-23,27-28H,11-12H2,1-5H3/t13-,14-,22?,23?/m0/s1. The van der Waals surface area contributed by atoms with E-state index in [4.69, 9.17) is 19.2 Å². The highest BCUT2D eigenvalue weighted by Gasteiger charge is 2.42. The normalized spacial score (nSPS) is 24.6. The molecule has 0 saturated carbocycles. The van der Waals surface area contributed by atoms with E-state index in [0.29, 0.717) is 18.1 Å². The minimum atomic E-state index is -0.174. The zero-order valence-corrected chi connectivity index (χ0v) is 19.6. The number of hydrogen-bond acceptors (Lipinski definition) is 9.